The molecule has 0 saturated heterocycles. The third-order valence-electron chi connectivity index (χ3n) is 2.55. The van der Waals surface area contributed by atoms with Gasteiger partial charge in [-0.15, -0.1) is 10.2 Å². The van der Waals surface area contributed by atoms with Crippen LogP contribution in [0.2, 0.25) is 0 Å². The summed E-state index contributed by atoms with van der Waals surface area (Å²) in [5.41, 5.74) is -0.513. The van der Waals surface area contributed by atoms with Crippen LogP contribution in [0.25, 0.3) is 0 Å². The number of hydrogen-bond acceptors (Lipinski definition) is 5. The van der Waals surface area contributed by atoms with Crippen LogP contribution in [0.5, 0.6) is 0 Å². The van der Waals surface area contributed by atoms with E-state index in [1.165, 1.54) is 0 Å². The molecule has 1 unspecified atom stereocenters. The lowest BCUT2D eigenvalue weighted by molar-refractivity contribution is 0.493. The summed E-state index contributed by atoms with van der Waals surface area (Å²) in [6.45, 7) is 6.77. The maximum atomic E-state index is 9.20. The van der Waals surface area contributed by atoms with Gasteiger partial charge < -0.3 is 4.57 Å². The molecule has 0 aromatic carbocycles. The minimum Gasteiger partial charge on any atom is -0.309 e. The van der Waals surface area contributed by atoms with Crippen molar-refractivity contribution in [2.24, 2.45) is 7.05 Å². The molecular weight excluding hydrogens is 234 g/mol. The van der Waals surface area contributed by atoms with Crippen molar-refractivity contribution in [1.29, 1.82) is 5.26 Å². The summed E-state index contributed by atoms with van der Waals surface area (Å²) in [7, 11) is 1.93. The first kappa shape index (κ1) is 14.0. The average Bonchev–Trinajstić information content (AvgIpc) is 2.65. The highest BCUT2D eigenvalue weighted by atomic mass is 32.2. The molecule has 17 heavy (non-hydrogen) atoms. The van der Waals surface area contributed by atoms with Gasteiger partial charge in [0.25, 0.3) is 0 Å². The second-order valence-corrected chi connectivity index (χ2v) is 5.19. The summed E-state index contributed by atoms with van der Waals surface area (Å²) in [6.07, 6.45) is 1.02. The molecule has 1 aromatic rings. The quantitative estimate of drug-likeness (QED) is 0.778. The normalized spacial score (nSPS) is 14.3. The molecule has 0 amide bonds. The van der Waals surface area contributed by atoms with Crippen LogP contribution in [0.15, 0.2) is 5.16 Å². The Kier molecular flexibility index (Phi) is 4.97. The Labute approximate surface area is 107 Å². The molecule has 0 bridgehead atoms. The van der Waals surface area contributed by atoms with Gasteiger partial charge in [0.05, 0.1) is 6.07 Å². The van der Waals surface area contributed by atoms with Crippen molar-refractivity contribution < 1.29 is 0 Å². The summed E-state index contributed by atoms with van der Waals surface area (Å²) < 4.78 is 1.93. The number of rotatable bonds is 6. The van der Waals surface area contributed by atoms with E-state index in [2.05, 4.69) is 28.5 Å². The maximum absolute atomic E-state index is 9.20. The SMILES string of the molecule is CCCNC(C)(C#N)CSc1nnc(C)n1C. The Bertz CT molecular complexity index is 408. The Balaban J connectivity index is 2.59. The number of nitrogens with zero attached hydrogens (tertiary/aromatic N) is 4. The number of nitrogens with one attached hydrogen (secondary N) is 1. The van der Waals surface area contributed by atoms with Crippen LogP contribution in [0, 0.1) is 18.3 Å². The largest absolute Gasteiger partial charge is 0.309 e. The first-order valence-electron chi connectivity index (χ1n) is 5.67. The molecule has 0 aliphatic carbocycles. The van der Waals surface area contributed by atoms with E-state index in [9.17, 15) is 5.26 Å². The van der Waals surface area contributed by atoms with Crippen LogP contribution in [0.4, 0.5) is 0 Å². The molecule has 0 radical (unpaired) electrons. The van der Waals surface area contributed by atoms with Gasteiger partial charge in [-0.25, -0.2) is 0 Å². The van der Waals surface area contributed by atoms with Gasteiger partial charge in [-0.1, -0.05) is 18.7 Å². The smallest absolute Gasteiger partial charge is 0.191 e. The number of thioether (sulfide) groups is 1. The Morgan fingerprint density at radius 3 is 2.71 bits per heavy atom. The van der Waals surface area contributed by atoms with E-state index in [-0.39, 0.29) is 0 Å². The van der Waals surface area contributed by atoms with E-state index in [1.54, 1.807) is 11.8 Å². The minimum atomic E-state index is -0.513. The van der Waals surface area contributed by atoms with Gasteiger partial charge >= 0.3 is 0 Å². The molecule has 94 valence electrons. The van der Waals surface area contributed by atoms with E-state index in [0.717, 1.165) is 23.9 Å². The maximum Gasteiger partial charge on any atom is 0.191 e. The zero-order chi connectivity index (χ0) is 12.9. The van der Waals surface area contributed by atoms with Crippen LogP contribution in [0.3, 0.4) is 0 Å². The lowest BCUT2D eigenvalue weighted by Crippen LogP contribution is -2.43. The molecule has 1 atom stereocenters. The van der Waals surface area contributed by atoms with Gasteiger partial charge in [-0.3, -0.25) is 5.32 Å². The topological polar surface area (TPSA) is 66.5 Å². The van der Waals surface area contributed by atoms with E-state index in [1.807, 2.05) is 25.5 Å². The van der Waals surface area contributed by atoms with Crippen LogP contribution < -0.4 is 5.32 Å². The van der Waals surface area contributed by atoms with Crippen molar-refractivity contribution in [1.82, 2.24) is 20.1 Å². The first-order valence-corrected chi connectivity index (χ1v) is 6.66. The summed E-state index contributed by atoms with van der Waals surface area (Å²) >= 11 is 1.55. The van der Waals surface area contributed by atoms with Gasteiger partial charge in [0, 0.05) is 12.8 Å². The standard InChI is InChI=1S/C11H19N5S/c1-5-6-13-11(3,7-12)8-17-10-15-14-9(2)16(10)4/h13H,5-6,8H2,1-4H3. The number of nitriles is 1. The molecule has 1 heterocycles. The highest BCUT2D eigenvalue weighted by molar-refractivity contribution is 7.99. The molecule has 1 rings (SSSR count). The highest BCUT2D eigenvalue weighted by Crippen LogP contribution is 2.20. The number of hydrogen-bond donors (Lipinski definition) is 1. The second kappa shape index (κ2) is 6.03. The van der Waals surface area contributed by atoms with Crippen molar-refractivity contribution in [3.63, 3.8) is 0 Å². The third kappa shape index (κ3) is 3.72. The molecule has 1 N–H and O–H groups in total. The molecular formula is C11H19N5S. The van der Waals surface area contributed by atoms with Gasteiger partial charge in [-0.05, 0) is 26.8 Å². The van der Waals surface area contributed by atoms with E-state index in [0.29, 0.717) is 5.75 Å². The summed E-state index contributed by atoms with van der Waals surface area (Å²) in [6, 6.07) is 2.32. The van der Waals surface area contributed by atoms with Crippen molar-refractivity contribution >= 4 is 11.8 Å². The zero-order valence-electron chi connectivity index (χ0n) is 10.8. The van der Waals surface area contributed by atoms with E-state index in [4.69, 9.17) is 0 Å². The molecule has 0 spiro atoms. The lowest BCUT2D eigenvalue weighted by Gasteiger charge is -2.22. The molecule has 6 heteroatoms. The van der Waals surface area contributed by atoms with Crippen molar-refractivity contribution in [3.8, 4) is 6.07 Å². The monoisotopic (exact) mass is 253 g/mol. The fourth-order valence-corrected chi connectivity index (χ4v) is 2.25. The Morgan fingerprint density at radius 1 is 1.53 bits per heavy atom. The Hall–Kier alpha value is -1.06. The first-order chi connectivity index (χ1) is 8.02. The fraction of sp³-hybridized carbons (Fsp3) is 0.727. The van der Waals surface area contributed by atoms with Gasteiger partial charge in [0.15, 0.2) is 5.16 Å². The molecule has 1 aromatic heterocycles. The van der Waals surface area contributed by atoms with Crippen molar-refractivity contribution in [2.45, 2.75) is 37.9 Å². The summed E-state index contributed by atoms with van der Waals surface area (Å²) in [5, 5.41) is 21.4. The molecule has 0 fully saturated rings. The number of aryl methyl sites for hydroxylation is 1. The average molecular weight is 253 g/mol. The van der Waals surface area contributed by atoms with Gasteiger partial charge in [0.2, 0.25) is 0 Å². The van der Waals surface area contributed by atoms with Crippen LogP contribution in [-0.4, -0.2) is 32.6 Å². The molecule has 0 saturated carbocycles. The predicted octanol–water partition coefficient (Wildman–Crippen LogP) is 1.50. The highest BCUT2D eigenvalue weighted by Gasteiger charge is 2.24. The van der Waals surface area contributed by atoms with E-state index < -0.39 is 5.54 Å². The predicted molar refractivity (Wildman–Crippen MR) is 68.8 cm³/mol. The molecule has 0 aliphatic heterocycles. The van der Waals surface area contributed by atoms with Crippen LogP contribution >= 0.6 is 11.8 Å². The Morgan fingerprint density at radius 2 is 2.24 bits per heavy atom. The fourth-order valence-electron chi connectivity index (χ4n) is 1.25. The van der Waals surface area contributed by atoms with E-state index >= 15 is 0 Å². The van der Waals surface area contributed by atoms with Gasteiger partial charge in [0.1, 0.15) is 11.4 Å². The summed E-state index contributed by atoms with van der Waals surface area (Å²) in [5.74, 6) is 1.54. The molecule has 0 aliphatic rings. The zero-order valence-corrected chi connectivity index (χ0v) is 11.6. The van der Waals surface area contributed by atoms with Crippen LogP contribution in [-0.2, 0) is 7.05 Å². The lowest BCUT2D eigenvalue weighted by atomic mass is 10.1. The minimum absolute atomic E-state index is 0.513. The van der Waals surface area contributed by atoms with Crippen molar-refractivity contribution in [3.05, 3.63) is 5.82 Å². The summed E-state index contributed by atoms with van der Waals surface area (Å²) in [4.78, 5) is 0. The molecule has 5 nitrogen and oxygen atoms in total. The van der Waals surface area contributed by atoms with Gasteiger partial charge in [-0.2, -0.15) is 5.26 Å². The third-order valence-corrected chi connectivity index (χ3v) is 3.89. The second-order valence-electron chi connectivity index (χ2n) is 4.25. The van der Waals surface area contributed by atoms with Crippen LogP contribution in [0.1, 0.15) is 26.1 Å². The van der Waals surface area contributed by atoms with Crippen molar-refractivity contribution in [2.75, 3.05) is 12.3 Å². The number of aromatic nitrogens is 3.